The highest BCUT2D eigenvalue weighted by molar-refractivity contribution is 7.18. The van der Waals surface area contributed by atoms with Gasteiger partial charge >= 0.3 is 0 Å². The number of non-ortho nitro benzene ring substituents is 1. The second kappa shape index (κ2) is 6.21. The second-order valence-electron chi connectivity index (χ2n) is 3.69. The highest BCUT2D eigenvalue weighted by Gasteiger charge is 2.14. The van der Waals surface area contributed by atoms with E-state index in [2.05, 4.69) is 0 Å². The number of hydrogen-bond donors (Lipinski definition) is 0. The number of halogens is 2. The number of nitro benzene ring substituents is 1. The molecule has 2 rings (SSSR count). The van der Waals surface area contributed by atoms with Crippen molar-refractivity contribution in [3.63, 3.8) is 0 Å². The topological polar surface area (TPSA) is 69.4 Å². The minimum absolute atomic E-state index is 0.0943. The standard InChI is InChI=1S/C12H7Cl2NO4S/c13-8-2-1-7(15(17)18)5-10(8)19-6-9(16)11-3-4-12(14)20-11/h1-5H,6H2. The fraction of sp³-hybridized carbons (Fsp3) is 0.0833. The molecule has 0 radical (unpaired) electrons. The Balaban J connectivity index is 2.09. The lowest BCUT2D eigenvalue weighted by Gasteiger charge is -2.06. The molecule has 0 N–H and O–H groups in total. The maximum atomic E-state index is 11.8. The molecule has 1 aromatic heterocycles. The molecule has 0 atom stereocenters. The third-order valence-corrected chi connectivity index (χ3v) is 3.92. The highest BCUT2D eigenvalue weighted by atomic mass is 35.5. The summed E-state index contributed by atoms with van der Waals surface area (Å²) in [6.07, 6.45) is 0. The van der Waals surface area contributed by atoms with Crippen LogP contribution in [0.4, 0.5) is 5.69 Å². The summed E-state index contributed by atoms with van der Waals surface area (Å²) in [6, 6.07) is 6.99. The lowest BCUT2D eigenvalue weighted by atomic mass is 10.3. The summed E-state index contributed by atoms with van der Waals surface area (Å²) in [5.41, 5.74) is -0.156. The van der Waals surface area contributed by atoms with E-state index in [9.17, 15) is 14.9 Å². The maximum Gasteiger partial charge on any atom is 0.273 e. The van der Waals surface area contributed by atoms with Crippen molar-refractivity contribution in [3.8, 4) is 5.75 Å². The molecule has 0 saturated carbocycles. The summed E-state index contributed by atoms with van der Waals surface area (Å²) < 4.78 is 5.73. The third-order valence-electron chi connectivity index (χ3n) is 2.33. The number of carbonyl (C=O) groups is 1. The van der Waals surface area contributed by atoms with Crippen molar-refractivity contribution in [1.82, 2.24) is 0 Å². The van der Waals surface area contributed by atoms with Crippen LogP contribution in [-0.2, 0) is 0 Å². The molecule has 0 aliphatic heterocycles. The Labute approximate surface area is 127 Å². The molecule has 0 aliphatic carbocycles. The van der Waals surface area contributed by atoms with Crippen molar-refractivity contribution in [2.75, 3.05) is 6.61 Å². The van der Waals surface area contributed by atoms with Crippen LogP contribution in [0.25, 0.3) is 0 Å². The quantitative estimate of drug-likeness (QED) is 0.467. The first kappa shape index (κ1) is 14.8. The Morgan fingerprint density at radius 1 is 1.30 bits per heavy atom. The van der Waals surface area contributed by atoms with Gasteiger partial charge in [0.25, 0.3) is 5.69 Å². The minimum atomic E-state index is -0.565. The molecular weight excluding hydrogens is 325 g/mol. The van der Waals surface area contributed by atoms with Gasteiger partial charge in [-0.25, -0.2) is 0 Å². The number of nitrogens with zero attached hydrogens (tertiary/aromatic N) is 1. The molecule has 0 amide bonds. The van der Waals surface area contributed by atoms with Gasteiger partial charge in [0.15, 0.2) is 6.61 Å². The van der Waals surface area contributed by atoms with E-state index in [4.69, 9.17) is 27.9 Å². The Morgan fingerprint density at radius 2 is 2.05 bits per heavy atom. The molecular formula is C12H7Cl2NO4S. The smallest absolute Gasteiger partial charge is 0.273 e. The molecule has 0 saturated heterocycles. The molecule has 0 spiro atoms. The summed E-state index contributed by atoms with van der Waals surface area (Å²) in [4.78, 5) is 22.4. The van der Waals surface area contributed by atoms with Crippen molar-refractivity contribution in [1.29, 1.82) is 0 Å². The second-order valence-corrected chi connectivity index (χ2v) is 5.81. The number of rotatable bonds is 5. The van der Waals surface area contributed by atoms with Gasteiger partial charge in [-0.05, 0) is 18.2 Å². The number of carbonyl (C=O) groups excluding carboxylic acids is 1. The average Bonchev–Trinajstić information content (AvgIpc) is 2.84. The molecule has 1 aromatic carbocycles. The number of thiophene rings is 1. The predicted molar refractivity (Wildman–Crippen MR) is 77.3 cm³/mol. The van der Waals surface area contributed by atoms with Gasteiger partial charge in [-0.1, -0.05) is 23.2 Å². The Morgan fingerprint density at radius 3 is 2.65 bits per heavy atom. The van der Waals surface area contributed by atoms with Crippen molar-refractivity contribution in [2.24, 2.45) is 0 Å². The highest BCUT2D eigenvalue weighted by Crippen LogP contribution is 2.29. The van der Waals surface area contributed by atoms with Gasteiger partial charge in [-0.3, -0.25) is 14.9 Å². The summed E-state index contributed by atoms with van der Waals surface area (Å²) in [7, 11) is 0. The molecule has 8 heteroatoms. The van der Waals surface area contributed by atoms with Crippen LogP contribution in [0.15, 0.2) is 30.3 Å². The van der Waals surface area contributed by atoms with E-state index in [1.807, 2.05) is 0 Å². The predicted octanol–water partition coefficient (Wildman–Crippen LogP) is 4.22. The Hall–Kier alpha value is -1.63. The summed E-state index contributed by atoms with van der Waals surface area (Å²) >= 11 is 12.7. The molecule has 0 aliphatic rings. The van der Waals surface area contributed by atoms with Crippen LogP contribution >= 0.6 is 34.5 Å². The Kier molecular flexibility index (Phi) is 4.59. The van der Waals surface area contributed by atoms with Gasteiger partial charge in [-0.2, -0.15) is 0 Å². The van der Waals surface area contributed by atoms with Crippen LogP contribution in [0, 0.1) is 10.1 Å². The van der Waals surface area contributed by atoms with Gasteiger partial charge in [-0.15, -0.1) is 11.3 Å². The van der Waals surface area contributed by atoms with Gasteiger partial charge in [0.1, 0.15) is 5.75 Å². The molecule has 0 unspecified atom stereocenters. The molecule has 20 heavy (non-hydrogen) atoms. The number of Topliss-reactive ketones (excluding diaryl/α,β-unsaturated/α-hetero) is 1. The normalized spacial score (nSPS) is 10.3. The van der Waals surface area contributed by atoms with E-state index in [1.165, 1.54) is 18.2 Å². The largest absolute Gasteiger partial charge is 0.484 e. The van der Waals surface area contributed by atoms with Crippen molar-refractivity contribution in [3.05, 3.63) is 54.7 Å². The minimum Gasteiger partial charge on any atom is -0.484 e. The van der Waals surface area contributed by atoms with Crippen LogP contribution < -0.4 is 4.74 Å². The van der Waals surface area contributed by atoms with Gasteiger partial charge in [0, 0.05) is 6.07 Å². The van der Waals surface area contributed by atoms with E-state index in [-0.39, 0.29) is 28.8 Å². The molecule has 0 bridgehead atoms. The van der Waals surface area contributed by atoms with Crippen LogP contribution in [0.5, 0.6) is 5.75 Å². The first-order valence-corrected chi connectivity index (χ1v) is 6.90. The number of hydrogen-bond acceptors (Lipinski definition) is 5. The van der Waals surface area contributed by atoms with Crippen molar-refractivity contribution >= 4 is 46.0 Å². The fourth-order valence-electron chi connectivity index (χ4n) is 1.39. The zero-order chi connectivity index (χ0) is 14.7. The van der Waals surface area contributed by atoms with Crippen LogP contribution in [0.1, 0.15) is 9.67 Å². The molecule has 1 heterocycles. The zero-order valence-corrected chi connectivity index (χ0v) is 12.2. The van der Waals surface area contributed by atoms with Crippen molar-refractivity contribution in [2.45, 2.75) is 0 Å². The Bertz CT molecular complexity index is 671. The van der Waals surface area contributed by atoms with E-state index < -0.39 is 4.92 Å². The summed E-state index contributed by atoms with van der Waals surface area (Å²) in [6.45, 7) is -0.266. The lowest BCUT2D eigenvalue weighted by Crippen LogP contribution is -2.10. The van der Waals surface area contributed by atoms with Crippen LogP contribution in [0.3, 0.4) is 0 Å². The SMILES string of the molecule is O=C(COc1cc([N+](=O)[O-])ccc1Cl)c1ccc(Cl)s1. The van der Waals surface area contributed by atoms with E-state index >= 15 is 0 Å². The maximum absolute atomic E-state index is 11.8. The zero-order valence-electron chi connectivity index (χ0n) is 9.84. The van der Waals surface area contributed by atoms with E-state index in [0.29, 0.717) is 9.21 Å². The van der Waals surface area contributed by atoms with E-state index in [0.717, 1.165) is 11.3 Å². The number of ether oxygens (including phenoxy) is 1. The average molecular weight is 332 g/mol. The lowest BCUT2D eigenvalue weighted by molar-refractivity contribution is -0.384. The van der Waals surface area contributed by atoms with E-state index in [1.54, 1.807) is 12.1 Å². The number of benzene rings is 1. The summed E-state index contributed by atoms with van der Waals surface area (Å²) in [5, 5.41) is 10.9. The first-order chi connectivity index (χ1) is 9.47. The van der Waals surface area contributed by atoms with Gasteiger partial charge in [0.2, 0.25) is 5.78 Å². The first-order valence-electron chi connectivity index (χ1n) is 5.32. The molecule has 5 nitrogen and oxygen atoms in total. The monoisotopic (exact) mass is 331 g/mol. The number of ketones is 1. The van der Waals surface area contributed by atoms with Crippen LogP contribution in [-0.4, -0.2) is 17.3 Å². The van der Waals surface area contributed by atoms with Gasteiger partial charge in [0.05, 0.1) is 25.2 Å². The van der Waals surface area contributed by atoms with Crippen LogP contribution in [0.2, 0.25) is 9.36 Å². The molecule has 104 valence electrons. The summed E-state index contributed by atoms with van der Waals surface area (Å²) in [5.74, 6) is -0.179. The fourth-order valence-corrected chi connectivity index (χ4v) is 2.53. The third kappa shape index (κ3) is 3.47. The van der Waals surface area contributed by atoms with Gasteiger partial charge < -0.3 is 4.74 Å². The van der Waals surface area contributed by atoms with Crippen molar-refractivity contribution < 1.29 is 14.5 Å². The molecule has 2 aromatic rings. The number of nitro groups is 1. The molecule has 0 fully saturated rings.